The number of aromatic amines is 1. The lowest BCUT2D eigenvalue weighted by atomic mass is 9.87. The van der Waals surface area contributed by atoms with Crippen molar-refractivity contribution < 1.29 is 4.74 Å². The fraction of sp³-hybridized carbons (Fsp3) is 0.263. The number of methoxy groups -OCH3 is 1. The highest BCUT2D eigenvalue weighted by molar-refractivity contribution is 5.86. The van der Waals surface area contributed by atoms with Crippen LogP contribution in [0.1, 0.15) is 17.9 Å². The molecular formula is C19H24N2O. The van der Waals surface area contributed by atoms with Gasteiger partial charge in [0.05, 0.1) is 7.11 Å². The summed E-state index contributed by atoms with van der Waals surface area (Å²) in [7, 11) is 3.68. The molecule has 0 saturated heterocycles. The van der Waals surface area contributed by atoms with Crippen molar-refractivity contribution in [3.8, 4) is 5.75 Å². The minimum absolute atomic E-state index is 0.254. The topological polar surface area (TPSA) is 37.0 Å². The normalized spacial score (nSPS) is 13.1. The van der Waals surface area contributed by atoms with Crippen LogP contribution in [0.25, 0.3) is 10.9 Å². The van der Waals surface area contributed by atoms with Gasteiger partial charge in [-0.05, 0) is 49.3 Å². The largest absolute Gasteiger partial charge is 0.496 e. The molecule has 0 spiro atoms. The Hall–Kier alpha value is -2.26. The fourth-order valence-electron chi connectivity index (χ4n) is 2.80. The van der Waals surface area contributed by atoms with Crippen LogP contribution < -0.4 is 10.1 Å². The molecule has 0 aliphatic heterocycles. The lowest BCUT2D eigenvalue weighted by Crippen LogP contribution is -2.13. The Labute approximate surface area is 132 Å². The van der Waals surface area contributed by atoms with Gasteiger partial charge in [0.25, 0.3) is 0 Å². The number of aromatic nitrogens is 1. The highest BCUT2D eigenvalue weighted by atomic mass is 16.5. The third-order valence-corrected chi connectivity index (χ3v) is 3.91. The van der Waals surface area contributed by atoms with E-state index in [1.54, 1.807) is 7.11 Å². The van der Waals surface area contributed by atoms with E-state index in [0.717, 1.165) is 29.6 Å². The molecular weight excluding hydrogens is 272 g/mol. The summed E-state index contributed by atoms with van der Waals surface area (Å²) in [6.45, 7) is 8.69. The SMILES string of the molecule is C=C/C=C(\C=C)C(CCNC)c1cc(OC)c2cc[nH]c2c1. The zero-order valence-electron chi connectivity index (χ0n) is 13.4. The molecule has 116 valence electrons. The molecule has 0 amide bonds. The third kappa shape index (κ3) is 3.31. The average Bonchev–Trinajstić information content (AvgIpc) is 3.01. The van der Waals surface area contributed by atoms with Crippen molar-refractivity contribution >= 4 is 10.9 Å². The van der Waals surface area contributed by atoms with Crippen LogP contribution >= 0.6 is 0 Å². The Morgan fingerprint density at radius 2 is 2.23 bits per heavy atom. The van der Waals surface area contributed by atoms with Gasteiger partial charge >= 0.3 is 0 Å². The van der Waals surface area contributed by atoms with Crippen LogP contribution in [0.3, 0.4) is 0 Å². The summed E-state index contributed by atoms with van der Waals surface area (Å²) in [6.07, 6.45) is 8.67. The van der Waals surface area contributed by atoms with Crippen molar-refractivity contribution in [3.05, 3.63) is 66.9 Å². The van der Waals surface area contributed by atoms with Crippen molar-refractivity contribution in [2.75, 3.05) is 20.7 Å². The predicted octanol–water partition coefficient (Wildman–Crippen LogP) is 4.17. The minimum Gasteiger partial charge on any atom is -0.496 e. The average molecular weight is 296 g/mol. The van der Waals surface area contributed by atoms with E-state index in [2.05, 4.69) is 35.6 Å². The molecule has 2 rings (SSSR count). The lowest BCUT2D eigenvalue weighted by molar-refractivity contribution is 0.419. The summed E-state index contributed by atoms with van der Waals surface area (Å²) in [5, 5.41) is 4.33. The van der Waals surface area contributed by atoms with E-state index < -0.39 is 0 Å². The maximum atomic E-state index is 5.55. The second-order valence-corrected chi connectivity index (χ2v) is 5.21. The van der Waals surface area contributed by atoms with Crippen LogP contribution in [0.5, 0.6) is 5.75 Å². The second-order valence-electron chi connectivity index (χ2n) is 5.21. The summed E-state index contributed by atoms with van der Waals surface area (Å²) >= 11 is 0. The first-order chi connectivity index (χ1) is 10.7. The predicted molar refractivity (Wildman–Crippen MR) is 94.6 cm³/mol. The van der Waals surface area contributed by atoms with Gasteiger partial charge in [-0.2, -0.15) is 0 Å². The summed E-state index contributed by atoms with van der Waals surface area (Å²) in [6, 6.07) is 6.35. The van der Waals surface area contributed by atoms with Crippen LogP contribution in [0.2, 0.25) is 0 Å². The zero-order valence-corrected chi connectivity index (χ0v) is 13.4. The van der Waals surface area contributed by atoms with Crippen LogP contribution in [-0.2, 0) is 0 Å². The van der Waals surface area contributed by atoms with Gasteiger partial charge in [-0.25, -0.2) is 0 Å². The number of hydrogen-bond acceptors (Lipinski definition) is 2. The van der Waals surface area contributed by atoms with E-state index in [1.165, 1.54) is 11.1 Å². The van der Waals surface area contributed by atoms with Gasteiger partial charge in [-0.15, -0.1) is 0 Å². The number of ether oxygens (including phenoxy) is 1. The molecule has 1 aromatic heterocycles. The van der Waals surface area contributed by atoms with E-state index in [1.807, 2.05) is 37.5 Å². The van der Waals surface area contributed by atoms with Gasteiger partial charge in [-0.1, -0.05) is 31.4 Å². The number of rotatable bonds is 8. The Balaban J connectivity index is 2.52. The Bertz CT molecular complexity index is 682. The second kappa shape index (κ2) is 7.66. The third-order valence-electron chi connectivity index (χ3n) is 3.91. The first kappa shape index (κ1) is 16.1. The Morgan fingerprint density at radius 1 is 1.41 bits per heavy atom. The van der Waals surface area contributed by atoms with E-state index in [4.69, 9.17) is 4.74 Å². The van der Waals surface area contributed by atoms with Crippen LogP contribution in [0, 0.1) is 0 Å². The molecule has 22 heavy (non-hydrogen) atoms. The van der Waals surface area contributed by atoms with Gasteiger partial charge in [0.15, 0.2) is 0 Å². The van der Waals surface area contributed by atoms with Gasteiger partial charge in [0.1, 0.15) is 5.75 Å². The van der Waals surface area contributed by atoms with E-state index >= 15 is 0 Å². The van der Waals surface area contributed by atoms with Crippen LogP contribution in [-0.4, -0.2) is 25.7 Å². The molecule has 1 unspecified atom stereocenters. The molecule has 0 aliphatic carbocycles. The monoisotopic (exact) mass is 296 g/mol. The fourth-order valence-corrected chi connectivity index (χ4v) is 2.80. The van der Waals surface area contributed by atoms with Gasteiger partial charge in [-0.3, -0.25) is 0 Å². The molecule has 3 nitrogen and oxygen atoms in total. The highest BCUT2D eigenvalue weighted by Crippen LogP contribution is 2.35. The number of benzene rings is 1. The van der Waals surface area contributed by atoms with Crippen LogP contribution in [0.4, 0.5) is 0 Å². The Kier molecular flexibility index (Phi) is 5.61. The van der Waals surface area contributed by atoms with E-state index in [9.17, 15) is 0 Å². The van der Waals surface area contributed by atoms with Gasteiger partial charge in [0, 0.05) is 23.0 Å². The Morgan fingerprint density at radius 3 is 2.86 bits per heavy atom. The maximum absolute atomic E-state index is 5.55. The van der Waals surface area contributed by atoms with Crippen molar-refractivity contribution in [1.29, 1.82) is 0 Å². The number of allylic oxidation sites excluding steroid dienone is 4. The summed E-state index contributed by atoms with van der Waals surface area (Å²) in [5.74, 6) is 1.15. The molecule has 0 saturated carbocycles. The number of hydrogen-bond donors (Lipinski definition) is 2. The molecule has 0 fully saturated rings. The lowest BCUT2D eigenvalue weighted by Gasteiger charge is -2.20. The molecule has 1 atom stereocenters. The number of nitrogens with one attached hydrogen (secondary N) is 2. The summed E-state index contributed by atoms with van der Waals surface area (Å²) in [4.78, 5) is 3.27. The summed E-state index contributed by atoms with van der Waals surface area (Å²) < 4.78 is 5.55. The zero-order chi connectivity index (χ0) is 15.9. The van der Waals surface area contributed by atoms with E-state index in [-0.39, 0.29) is 5.92 Å². The minimum atomic E-state index is 0.254. The molecule has 3 heteroatoms. The standard InChI is InChI=1S/C19H24N2O/c1-5-7-14(6-2)16(8-10-20-3)15-12-18-17(9-11-21-18)19(13-15)22-4/h5-7,9,11-13,16,20-21H,1-2,8,10H2,3-4H3/b14-7+. The molecule has 2 aromatic rings. The highest BCUT2D eigenvalue weighted by Gasteiger charge is 2.17. The molecule has 0 radical (unpaired) electrons. The van der Waals surface area contributed by atoms with Crippen molar-refractivity contribution in [2.45, 2.75) is 12.3 Å². The van der Waals surface area contributed by atoms with Crippen molar-refractivity contribution in [3.63, 3.8) is 0 Å². The number of H-pyrrole nitrogens is 1. The van der Waals surface area contributed by atoms with Gasteiger partial charge in [0.2, 0.25) is 0 Å². The van der Waals surface area contributed by atoms with Gasteiger partial charge < -0.3 is 15.0 Å². The maximum Gasteiger partial charge on any atom is 0.128 e. The van der Waals surface area contributed by atoms with Crippen molar-refractivity contribution in [2.24, 2.45) is 0 Å². The molecule has 0 bridgehead atoms. The van der Waals surface area contributed by atoms with Crippen LogP contribution in [0.15, 0.2) is 61.4 Å². The molecule has 1 aromatic carbocycles. The molecule has 2 N–H and O–H groups in total. The molecule has 0 aliphatic rings. The van der Waals surface area contributed by atoms with E-state index in [0.29, 0.717) is 0 Å². The number of fused-ring (bicyclic) bond motifs is 1. The summed E-state index contributed by atoms with van der Waals surface area (Å²) in [5.41, 5.74) is 3.47. The van der Waals surface area contributed by atoms with Crippen molar-refractivity contribution in [1.82, 2.24) is 10.3 Å². The smallest absolute Gasteiger partial charge is 0.128 e. The first-order valence-corrected chi connectivity index (χ1v) is 7.49. The molecule has 1 heterocycles. The quantitative estimate of drug-likeness (QED) is 0.717. The first-order valence-electron chi connectivity index (χ1n) is 7.49.